The molecule has 4 fully saturated rings. The molecule has 2 aromatic carbocycles. The van der Waals surface area contributed by atoms with Gasteiger partial charge in [-0.3, -0.25) is 9.52 Å². The number of carbonyl (C=O) groups is 2. The molecule has 186 valence electrons. The molecule has 9 heteroatoms. The van der Waals surface area contributed by atoms with E-state index < -0.39 is 27.2 Å². The molecule has 0 aromatic heterocycles. The van der Waals surface area contributed by atoms with Crippen molar-refractivity contribution in [3.63, 3.8) is 0 Å². The second-order valence-corrected chi connectivity index (χ2v) is 11.9. The third-order valence-electron chi connectivity index (χ3n) is 7.81. The summed E-state index contributed by atoms with van der Waals surface area (Å²) in [6, 6.07) is 9.86. The fraction of sp³-hybridized carbons (Fsp3) is 0.462. The summed E-state index contributed by atoms with van der Waals surface area (Å²) in [5.41, 5.74) is -0.486. The van der Waals surface area contributed by atoms with Gasteiger partial charge in [-0.05, 0) is 86.6 Å². The Labute approximate surface area is 204 Å². The molecule has 0 atom stereocenters. The number of esters is 1. The molecule has 8 nitrogen and oxygen atoms in total. The highest BCUT2D eigenvalue weighted by molar-refractivity contribution is 7.92. The van der Waals surface area contributed by atoms with Gasteiger partial charge in [-0.15, -0.1) is 0 Å². The van der Waals surface area contributed by atoms with E-state index in [2.05, 4.69) is 4.72 Å². The molecule has 4 bridgehead atoms. The van der Waals surface area contributed by atoms with Crippen molar-refractivity contribution < 1.29 is 32.6 Å². The number of anilines is 1. The van der Waals surface area contributed by atoms with Crippen molar-refractivity contribution in [2.24, 2.45) is 23.2 Å². The van der Waals surface area contributed by atoms with Crippen LogP contribution in [0.25, 0.3) is 0 Å². The Bertz CT molecular complexity index is 1230. The van der Waals surface area contributed by atoms with E-state index in [9.17, 15) is 23.1 Å². The maximum Gasteiger partial charge on any atom is 0.342 e. The lowest BCUT2D eigenvalue weighted by Crippen LogP contribution is -2.51. The van der Waals surface area contributed by atoms with Crippen LogP contribution in [0.2, 0.25) is 0 Å². The van der Waals surface area contributed by atoms with E-state index >= 15 is 0 Å². The summed E-state index contributed by atoms with van der Waals surface area (Å²) >= 11 is 0. The van der Waals surface area contributed by atoms with Gasteiger partial charge in [0.2, 0.25) is 0 Å². The highest BCUT2D eigenvalue weighted by atomic mass is 32.2. The van der Waals surface area contributed by atoms with E-state index in [1.165, 1.54) is 32.4 Å². The minimum atomic E-state index is -4.10. The molecule has 0 amide bonds. The number of methoxy groups -OCH3 is 1. The average Bonchev–Trinajstić information content (AvgIpc) is 2.81. The first-order valence-electron chi connectivity index (χ1n) is 11.9. The molecule has 2 aromatic rings. The topological polar surface area (TPSA) is 119 Å². The fourth-order valence-electron chi connectivity index (χ4n) is 6.59. The van der Waals surface area contributed by atoms with Crippen LogP contribution in [-0.4, -0.2) is 39.0 Å². The molecule has 2 N–H and O–H groups in total. The second-order valence-electron chi connectivity index (χ2n) is 10.2. The molecule has 0 radical (unpaired) electrons. The largest absolute Gasteiger partial charge is 0.507 e. The maximum absolute atomic E-state index is 13.1. The van der Waals surface area contributed by atoms with Crippen molar-refractivity contribution in [3.05, 3.63) is 48.0 Å². The number of phenolic OH excluding ortho intramolecular Hbond substituents is 1. The van der Waals surface area contributed by atoms with Crippen LogP contribution in [-0.2, 0) is 19.6 Å². The minimum Gasteiger partial charge on any atom is -0.507 e. The number of Topliss-reactive ketones (excluding diaryl/α,β-unsaturated/α-hetero) is 1. The van der Waals surface area contributed by atoms with Gasteiger partial charge in [-0.2, -0.15) is 0 Å². The van der Waals surface area contributed by atoms with Crippen LogP contribution >= 0.6 is 0 Å². The number of ketones is 1. The number of para-hydroxylation sites is 2. The Morgan fingerprint density at radius 2 is 1.66 bits per heavy atom. The molecule has 0 heterocycles. The summed E-state index contributed by atoms with van der Waals surface area (Å²) in [6.45, 7) is -0.374. The van der Waals surface area contributed by atoms with E-state index in [1.807, 2.05) is 0 Å². The quantitative estimate of drug-likeness (QED) is 0.524. The Morgan fingerprint density at radius 3 is 2.29 bits per heavy atom. The number of carbonyl (C=O) groups excluding carboxylic acids is 2. The van der Waals surface area contributed by atoms with Crippen LogP contribution in [0.1, 0.15) is 48.9 Å². The van der Waals surface area contributed by atoms with E-state index in [1.54, 1.807) is 24.3 Å². The molecule has 0 unspecified atom stereocenters. The van der Waals surface area contributed by atoms with Crippen molar-refractivity contribution in [1.29, 1.82) is 0 Å². The molecule has 0 aliphatic heterocycles. The molecule has 0 saturated heterocycles. The summed E-state index contributed by atoms with van der Waals surface area (Å²) in [4.78, 5) is 25.7. The van der Waals surface area contributed by atoms with E-state index in [4.69, 9.17) is 9.47 Å². The fourth-order valence-corrected chi connectivity index (χ4v) is 7.69. The van der Waals surface area contributed by atoms with E-state index in [-0.39, 0.29) is 28.5 Å². The van der Waals surface area contributed by atoms with Crippen molar-refractivity contribution >= 4 is 27.5 Å². The van der Waals surface area contributed by atoms with Gasteiger partial charge in [-0.25, -0.2) is 13.2 Å². The molecule has 35 heavy (non-hydrogen) atoms. The number of ether oxygens (including phenoxy) is 2. The molecular formula is C26H29NO7S. The minimum absolute atomic E-state index is 0.0638. The zero-order valence-electron chi connectivity index (χ0n) is 19.5. The molecule has 4 aliphatic carbocycles. The predicted molar refractivity (Wildman–Crippen MR) is 128 cm³/mol. The number of hydrogen-bond acceptors (Lipinski definition) is 7. The Morgan fingerprint density at radius 1 is 1.03 bits per heavy atom. The first-order chi connectivity index (χ1) is 16.7. The van der Waals surface area contributed by atoms with E-state index in [0.29, 0.717) is 23.5 Å². The van der Waals surface area contributed by atoms with Gasteiger partial charge in [0, 0.05) is 5.41 Å². The zero-order valence-corrected chi connectivity index (χ0v) is 20.3. The first kappa shape index (κ1) is 23.7. The first-order valence-corrected chi connectivity index (χ1v) is 13.4. The predicted octanol–water partition coefficient (Wildman–Crippen LogP) is 4.14. The van der Waals surface area contributed by atoms with Gasteiger partial charge in [0.1, 0.15) is 17.1 Å². The normalized spacial score (nSPS) is 26.8. The highest BCUT2D eigenvalue weighted by Gasteiger charge is 2.54. The van der Waals surface area contributed by atoms with Gasteiger partial charge in [0.05, 0.1) is 17.7 Å². The summed E-state index contributed by atoms with van der Waals surface area (Å²) < 4.78 is 38.8. The average molecular weight is 500 g/mol. The van der Waals surface area contributed by atoms with Crippen molar-refractivity contribution in [2.45, 2.75) is 43.4 Å². The summed E-state index contributed by atoms with van der Waals surface area (Å²) in [7, 11) is -2.67. The van der Waals surface area contributed by atoms with Crippen LogP contribution in [0.3, 0.4) is 0 Å². The molecule has 0 spiro atoms. The number of benzene rings is 2. The number of sulfonamides is 1. The lowest BCUT2D eigenvalue weighted by atomic mass is 9.48. The number of hydrogen-bond donors (Lipinski definition) is 2. The zero-order chi connectivity index (χ0) is 24.8. The van der Waals surface area contributed by atoms with Crippen LogP contribution in [0.5, 0.6) is 11.5 Å². The second kappa shape index (κ2) is 8.86. The lowest BCUT2D eigenvalue weighted by molar-refractivity contribution is -0.147. The number of aromatic hydroxyl groups is 1. The highest BCUT2D eigenvalue weighted by Crippen LogP contribution is 2.60. The van der Waals surface area contributed by atoms with E-state index in [0.717, 1.165) is 31.4 Å². The van der Waals surface area contributed by atoms with Gasteiger partial charge >= 0.3 is 5.97 Å². The van der Waals surface area contributed by atoms with Crippen LogP contribution in [0, 0.1) is 23.2 Å². The van der Waals surface area contributed by atoms with Crippen LogP contribution in [0.4, 0.5) is 5.69 Å². The van der Waals surface area contributed by atoms with Crippen molar-refractivity contribution in [3.8, 4) is 11.5 Å². The summed E-state index contributed by atoms with van der Waals surface area (Å²) in [5.74, 6) is 0.667. The van der Waals surface area contributed by atoms with Gasteiger partial charge < -0.3 is 14.6 Å². The Balaban J connectivity index is 1.30. The van der Waals surface area contributed by atoms with Crippen LogP contribution in [0.15, 0.2) is 47.4 Å². The van der Waals surface area contributed by atoms with Crippen molar-refractivity contribution in [2.75, 3.05) is 18.4 Å². The number of rotatable bonds is 8. The molecule has 6 rings (SSSR count). The Kier molecular flexibility index (Phi) is 5.99. The van der Waals surface area contributed by atoms with Crippen molar-refractivity contribution in [1.82, 2.24) is 0 Å². The maximum atomic E-state index is 13.1. The van der Waals surface area contributed by atoms with Crippen LogP contribution < -0.4 is 9.46 Å². The third kappa shape index (κ3) is 4.49. The van der Waals surface area contributed by atoms with Gasteiger partial charge in [0.15, 0.2) is 12.4 Å². The lowest BCUT2D eigenvalue weighted by Gasteiger charge is -2.55. The summed E-state index contributed by atoms with van der Waals surface area (Å²) in [6.07, 6.45) is 6.19. The number of phenols is 1. The smallest absolute Gasteiger partial charge is 0.342 e. The monoisotopic (exact) mass is 499 g/mol. The SMILES string of the molecule is COc1ccccc1NS(=O)(=O)c1ccc(O)c(C(=O)OCC(=O)C23CC4CC(CC(C4)C2)C3)c1. The molecular weight excluding hydrogens is 470 g/mol. The Hall–Kier alpha value is -3.07. The van der Waals surface area contributed by atoms with Gasteiger partial charge in [-0.1, -0.05) is 12.1 Å². The third-order valence-corrected chi connectivity index (χ3v) is 9.18. The number of nitrogens with one attached hydrogen (secondary N) is 1. The molecule has 4 aliphatic rings. The van der Waals surface area contributed by atoms with Gasteiger partial charge in [0.25, 0.3) is 10.0 Å². The standard InChI is InChI=1S/C26H29NO7S/c1-33-23-5-3-2-4-21(23)27-35(31,32)19-6-7-22(28)20(11-19)25(30)34-15-24(29)26-12-16-8-17(13-26)10-18(9-16)14-26/h2-7,11,16-18,27-28H,8-10,12-15H2,1H3. The summed E-state index contributed by atoms with van der Waals surface area (Å²) in [5, 5.41) is 10.2. The molecule has 4 saturated carbocycles.